The van der Waals surface area contributed by atoms with Crippen molar-refractivity contribution in [2.75, 3.05) is 18.6 Å². The van der Waals surface area contributed by atoms with E-state index in [0.29, 0.717) is 41.5 Å². The number of amides is 2. The molecule has 1 saturated carbocycles. The zero-order chi connectivity index (χ0) is 29.3. The number of benzene rings is 1. The standard InChI is InChI=1S/C32H39N7O3/c1-18-5-10-23(33)17-37(18)32(41)22-13-24-29(26(15-22)42-4)36(3)31(34-24)25-14-21-9-11-27(39-19(2)6-12-28(39)40)35-30(21)38(25)16-20-7-8-20/h9,11,13-15,18-20,23H,5-8,10,12,16-17,33H2,1-4H3/t18-,19+,23+/m0/s1. The predicted molar refractivity (Wildman–Crippen MR) is 163 cm³/mol. The van der Waals surface area contributed by atoms with Gasteiger partial charge in [0.2, 0.25) is 5.91 Å². The summed E-state index contributed by atoms with van der Waals surface area (Å²) < 4.78 is 10.1. The summed E-state index contributed by atoms with van der Waals surface area (Å²) in [6.07, 6.45) is 5.62. The molecule has 220 valence electrons. The zero-order valence-electron chi connectivity index (χ0n) is 24.8. The molecule has 42 heavy (non-hydrogen) atoms. The fraction of sp³-hybridized carbons (Fsp3) is 0.500. The van der Waals surface area contributed by atoms with Crippen LogP contribution in [0.15, 0.2) is 30.3 Å². The van der Waals surface area contributed by atoms with Crippen molar-refractivity contribution in [3.05, 3.63) is 35.9 Å². The molecule has 0 unspecified atom stereocenters. The number of fused-ring (bicyclic) bond motifs is 2. The number of pyridine rings is 1. The Morgan fingerprint density at radius 3 is 2.57 bits per heavy atom. The minimum absolute atomic E-state index is 0.00783. The number of anilines is 1. The van der Waals surface area contributed by atoms with E-state index in [0.717, 1.165) is 53.9 Å². The van der Waals surface area contributed by atoms with E-state index in [4.69, 9.17) is 20.4 Å². The Morgan fingerprint density at radius 2 is 1.86 bits per heavy atom. The van der Waals surface area contributed by atoms with Gasteiger partial charge < -0.3 is 24.5 Å². The summed E-state index contributed by atoms with van der Waals surface area (Å²) in [5.41, 5.74) is 10.1. The molecule has 1 aromatic carbocycles. The Kier molecular flexibility index (Phi) is 6.49. The maximum Gasteiger partial charge on any atom is 0.254 e. The number of hydrogen-bond acceptors (Lipinski definition) is 6. The summed E-state index contributed by atoms with van der Waals surface area (Å²) in [4.78, 5) is 40.2. The van der Waals surface area contributed by atoms with Crippen molar-refractivity contribution < 1.29 is 14.3 Å². The van der Waals surface area contributed by atoms with Crippen molar-refractivity contribution in [2.24, 2.45) is 18.7 Å². The van der Waals surface area contributed by atoms with Crippen LogP contribution in [0.25, 0.3) is 33.6 Å². The molecule has 1 aliphatic carbocycles. The van der Waals surface area contributed by atoms with Crippen LogP contribution in [0.4, 0.5) is 5.82 Å². The smallest absolute Gasteiger partial charge is 0.254 e. The van der Waals surface area contributed by atoms with Gasteiger partial charge in [0.25, 0.3) is 5.91 Å². The molecule has 3 atom stereocenters. The van der Waals surface area contributed by atoms with Gasteiger partial charge in [-0.05, 0) is 82.2 Å². The number of aromatic nitrogens is 4. The third-order valence-corrected chi connectivity index (χ3v) is 9.41. The van der Waals surface area contributed by atoms with Gasteiger partial charge in [-0.3, -0.25) is 14.5 Å². The van der Waals surface area contributed by atoms with Crippen LogP contribution in [0, 0.1) is 5.92 Å². The Bertz CT molecular complexity index is 1720. The van der Waals surface area contributed by atoms with Crippen LogP contribution in [0.5, 0.6) is 5.75 Å². The minimum atomic E-state index is -0.0460. The first kappa shape index (κ1) is 26.9. The first-order valence-electron chi connectivity index (χ1n) is 15.2. The van der Waals surface area contributed by atoms with Crippen LogP contribution in [0.3, 0.4) is 0 Å². The van der Waals surface area contributed by atoms with Gasteiger partial charge in [-0.15, -0.1) is 0 Å². The summed E-state index contributed by atoms with van der Waals surface area (Å²) in [7, 11) is 3.62. The van der Waals surface area contributed by atoms with E-state index >= 15 is 0 Å². The highest BCUT2D eigenvalue weighted by Crippen LogP contribution is 2.38. The van der Waals surface area contributed by atoms with Crippen molar-refractivity contribution in [1.82, 2.24) is 24.0 Å². The molecule has 2 saturated heterocycles. The number of imidazole rings is 1. The quantitative estimate of drug-likeness (QED) is 0.367. The normalized spacial score (nSPS) is 23.0. The van der Waals surface area contributed by atoms with E-state index in [1.165, 1.54) is 12.8 Å². The Hall–Kier alpha value is -3.92. The molecule has 0 radical (unpaired) electrons. The number of ether oxygens (including phenoxy) is 1. The topological polar surface area (TPSA) is 112 Å². The lowest BCUT2D eigenvalue weighted by molar-refractivity contribution is -0.117. The summed E-state index contributed by atoms with van der Waals surface area (Å²) in [5.74, 6) is 2.79. The van der Waals surface area contributed by atoms with Crippen LogP contribution in [0.1, 0.15) is 62.7 Å². The van der Waals surface area contributed by atoms with Gasteiger partial charge in [0.1, 0.15) is 22.7 Å². The number of likely N-dealkylation sites (tertiary alicyclic amines) is 1. The van der Waals surface area contributed by atoms with Crippen molar-refractivity contribution in [2.45, 2.75) is 77.0 Å². The zero-order valence-corrected chi connectivity index (χ0v) is 24.8. The molecular weight excluding hydrogens is 530 g/mol. The van der Waals surface area contributed by atoms with Crippen molar-refractivity contribution in [3.63, 3.8) is 0 Å². The molecule has 10 heteroatoms. The molecule has 3 aliphatic rings. The van der Waals surface area contributed by atoms with E-state index in [2.05, 4.69) is 30.5 Å². The summed E-state index contributed by atoms with van der Waals surface area (Å²) in [5, 5.41) is 1.01. The van der Waals surface area contributed by atoms with Gasteiger partial charge >= 0.3 is 0 Å². The number of nitrogens with zero attached hydrogens (tertiary/aromatic N) is 6. The van der Waals surface area contributed by atoms with E-state index in [1.807, 2.05) is 39.6 Å². The van der Waals surface area contributed by atoms with Crippen LogP contribution >= 0.6 is 0 Å². The Morgan fingerprint density at radius 1 is 1.05 bits per heavy atom. The third-order valence-electron chi connectivity index (χ3n) is 9.41. The second kappa shape index (κ2) is 10.1. The van der Waals surface area contributed by atoms with Crippen LogP contribution in [0.2, 0.25) is 0 Å². The summed E-state index contributed by atoms with van der Waals surface area (Å²) in [6.45, 7) is 5.55. The molecule has 4 aromatic rings. The molecular formula is C32H39N7O3. The second-order valence-electron chi connectivity index (χ2n) is 12.5. The van der Waals surface area contributed by atoms with Gasteiger partial charge in [-0.25, -0.2) is 9.97 Å². The maximum absolute atomic E-state index is 13.7. The molecule has 10 nitrogen and oxygen atoms in total. The third kappa shape index (κ3) is 4.43. The molecule has 5 heterocycles. The van der Waals surface area contributed by atoms with Crippen LogP contribution in [-0.4, -0.2) is 67.6 Å². The average Bonchev–Trinajstić information content (AvgIpc) is 3.53. The second-order valence-corrected chi connectivity index (χ2v) is 12.5. The van der Waals surface area contributed by atoms with Gasteiger partial charge in [0.15, 0.2) is 5.82 Å². The monoisotopic (exact) mass is 569 g/mol. The number of rotatable bonds is 6. The minimum Gasteiger partial charge on any atom is -0.494 e. The fourth-order valence-corrected chi connectivity index (χ4v) is 6.76. The van der Waals surface area contributed by atoms with Gasteiger partial charge in [0, 0.05) is 55.6 Å². The lowest BCUT2D eigenvalue weighted by Gasteiger charge is -2.36. The van der Waals surface area contributed by atoms with Crippen molar-refractivity contribution >= 4 is 39.7 Å². The van der Waals surface area contributed by atoms with Gasteiger partial charge in [-0.1, -0.05) is 0 Å². The van der Waals surface area contributed by atoms with Gasteiger partial charge in [0.05, 0.1) is 18.3 Å². The van der Waals surface area contributed by atoms with Gasteiger partial charge in [-0.2, -0.15) is 0 Å². The number of carbonyl (C=O) groups excluding carboxylic acids is 2. The molecule has 0 bridgehead atoms. The van der Waals surface area contributed by atoms with E-state index in [-0.39, 0.29) is 29.9 Å². The number of hydrogen-bond donors (Lipinski definition) is 1. The van der Waals surface area contributed by atoms with Crippen LogP contribution in [-0.2, 0) is 18.4 Å². The number of piperidine rings is 1. The number of methoxy groups -OCH3 is 1. The van der Waals surface area contributed by atoms with Crippen molar-refractivity contribution in [3.8, 4) is 17.3 Å². The molecule has 2 aliphatic heterocycles. The first-order chi connectivity index (χ1) is 20.2. The van der Waals surface area contributed by atoms with Crippen LogP contribution < -0.4 is 15.4 Å². The first-order valence-corrected chi connectivity index (χ1v) is 15.2. The lowest BCUT2D eigenvalue weighted by Crippen LogP contribution is -2.50. The molecule has 0 spiro atoms. The average molecular weight is 570 g/mol. The number of aryl methyl sites for hydroxylation is 1. The molecule has 2 amide bonds. The summed E-state index contributed by atoms with van der Waals surface area (Å²) in [6, 6.07) is 10.1. The highest BCUT2D eigenvalue weighted by Gasteiger charge is 2.32. The lowest BCUT2D eigenvalue weighted by atomic mass is 9.99. The highest BCUT2D eigenvalue weighted by molar-refractivity contribution is 6.00. The summed E-state index contributed by atoms with van der Waals surface area (Å²) >= 11 is 0. The van der Waals surface area contributed by atoms with E-state index in [1.54, 1.807) is 7.11 Å². The molecule has 2 N–H and O–H groups in total. The molecule has 3 aromatic heterocycles. The Labute approximate surface area is 245 Å². The number of carbonyl (C=O) groups is 2. The molecule has 7 rings (SSSR count). The maximum atomic E-state index is 13.7. The SMILES string of the molecule is COc1cc(C(=O)N2C[C@H](N)CC[C@@H]2C)cc2nc(-c3cc4ccc(N5C(=O)CC[C@H]5C)nc4n3CC3CC3)n(C)c12. The largest absolute Gasteiger partial charge is 0.494 e. The van der Waals surface area contributed by atoms with E-state index in [9.17, 15) is 9.59 Å². The fourth-order valence-electron chi connectivity index (χ4n) is 6.76. The molecule has 3 fully saturated rings. The number of nitrogens with two attached hydrogens (primary N) is 1. The highest BCUT2D eigenvalue weighted by atomic mass is 16.5. The van der Waals surface area contributed by atoms with E-state index < -0.39 is 0 Å². The van der Waals surface area contributed by atoms with Crippen molar-refractivity contribution in [1.29, 1.82) is 0 Å². The predicted octanol–water partition coefficient (Wildman–Crippen LogP) is 4.48. The Balaban J connectivity index is 1.34.